The van der Waals surface area contributed by atoms with Gasteiger partial charge in [0, 0.05) is 22.2 Å². The average Bonchev–Trinajstić information content (AvgIpc) is 3.46. The van der Waals surface area contributed by atoms with Crippen LogP contribution < -0.4 is 15.6 Å². The molecule has 3 N–H and O–H groups in total. The number of sulfonamides is 1. The van der Waals surface area contributed by atoms with Crippen molar-refractivity contribution >= 4 is 39.1 Å². The summed E-state index contributed by atoms with van der Waals surface area (Å²) in [6.45, 7) is 0. The summed E-state index contributed by atoms with van der Waals surface area (Å²) in [6.07, 6.45) is 1.62. The van der Waals surface area contributed by atoms with Crippen LogP contribution in [0, 0.1) is 5.92 Å². The molecule has 0 heterocycles. The minimum Gasteiger partial charge on any atom is -0.280 e. The van der Waals surface area contributed by atoms with E-state index in [2.05, 4.69) is 15.6 Å². The van der Waals surface area contributed by atoms with Gasteiger partial charge < -0.3 is 0 Å². The standard InChI is InChI=1S/C17H16ClN3O4S/c18-13-6-8-14(9-7-13)21-26(24,25)15-3-1-2-12(10-15)17(23)20-19-16(22)11-4-5-11/h1-3,6-11,21H,4-5H2,(H,19,22)(H,20,23). The zero-order valence-electron chi connectivity index (χ0n) is 13.5. The topological polar surface area (TPSA) is 104 Å². The summed E-state index contributed by atoms with van der Waals surface area (Å²) in [4.78, 5) is 23.6. The average molecular weight is 394 g/mol. The van der Waals surface area contributed by atoms with E-state index in [0.29, 0.717) is 10.7 Å². The maximum absolute atomic E-state index is 12.5. The molecule has 0 atom stereocenters. The Labute approximate surface area is 155 Å². The lowest BCUT2D eigenvalue weighted by atomic mass is 10.2. The Balaban J connectivity index is 1.71. The second kappa shape index (κ2) is 7.35. The van der Waals surface area contributed by atoms with Gasteiger partial charge in [0.2, 0.25) is 5.91 Å². The molecular formula is C17H16ClN3O4S. The van der Waals surface area contributed by atoms with Crippen molar-refractivity contribution < 1.29 is 18.0 Å². The molecule has 1 aliphatic carbocycles. The quantitative estimate of drug-likeness (QED) is 0.678. The highest BCUT2D eigenvalue weighted by molar-refractivity contribution is 7.92. The van der Waals surface area contributed by atoms with E-state index in [4.69, 9.17) is 11.6 Å². The smallest absolute Gasteiger partial charge is 0.269 e. The lowest BCUT2D eigenvalue weighted by molar-refractivity contribution is -0.123. The predicted octanol–water partition coefficient (Wildman–Crippen LogP) is 2.31. The zero-order chi connectivity index (χ0) is 18.7. The zero-order valence-corrected chi connectivity index (χ0v) is 15.1. The molecule has 7 nitrogen and oxygen atoms in total. The Morgan fingerprint density at radius 1 is 1.00 bits per heavy atom. The van der Waals surface area contributed by atoms with Crippen molar-refractivity contribution in [3.63, 3.8) is 0 Å². The maximum Gasteiger partial charge on any atom is 0.269 e. The number of hydrogen-bond acceptors (Lipinski definition) is 4. The molecule has 9 heteroatoms. The fourth-order valence-corrected chi connectivity index (χ4v) is 3.40. The van der Waals surface area contributed by atoms with Gasteiger partial charge in [-0.3, -0.25) is 25.2 Å². The minimum absolute atomic E-state index is 0.0504. The van der Waals surface area contributed by atoms with E-state index in [-0.39, 0.29) is 22.3 Å². The van der Waals surface area contributed by atoms with Crippen LogP contribution in [-0.4, -0.2) is 20.2 Å². The number of benzene rings is 2. The van der Waals surface area contributed by atoms with Gasteiger partial charge in [-0.05, 0) is 55.3 Å². The monoisotopic (exact) mass is 393 g/mol. The Bertz CT molecular complexity index is 941. The SMILES string of the molecule is O=C(NNC(=O)C1CC1)c1cccc(S(=O)(=O)Nc2ccc(Cl)cc2)c1. The normalized spacial score (nSPS) is 13.7. The van der Waals surface area contributed by atoms with Gasteiger partial charge in [0.25, 0.3) is 15.9 Å². The summed E-state index contributed by atoms with van der Waals surface area (Å²) in [5.74, 6) is -0.889. The number of carbonyl (C=O) groups excluding carboxylic acids is 2. The number of anilines is 1. The van der Waals surface area contributed by atoms with Crippen LogP contribution in [-0.2, 0) is 14.8 Å². The van der Waals surface area contributed by atoms with Crippen LogP contribution in [0.1, 0.15) is 23.2 Å². The van der Waals surface area contributed by atoms with Crippen molar-refractivity contribution in [3.8, 4) is 0 Å². The van der Waals surface area contributed by atoms with E-state index in [1.165, 1.54) is 36.4 Å². The fourth-order valence-electron chi connectivity index (χ4n) is 2.17. The first kappa shape index (κ1) is 18.2. The fraction of sp³-hybridized carbons (Fsp3) is 0.176. The number of hydrazine groups is 1. The molecule has 0 aliphatic heterocycles. The van der Waals surface area contributed by atoms with Gasteiger partial charge in [0.1, 0.15) is 0 Å². The van der Waals surface area contributed by atoms with Gasteiger partial charge in [-0.25, -0.2) is 8.42 Å². The van der Waals surface area contributed by atoms with E-state index in [9.17, 15) is 18.0 Å². The van der Waals surface area contributed by atoms with E-state index in [0.717, 1.165) is 12.8 Å². The number of amides is 2. The van der Waals surface area contributed by atoms with Gasteiger partial charge in [-0.15, -0.1) is 0 Å². The molecule has 0 bridgehead atoms. The molecule has 0 unspecified atom stereocenters. The Morgan fingerprint density at radius 3 is 2.35 bits per heavy atom. The first-order valence-electron chi connectivity index (χ1n) is 7.84. The van der Waals surface area contributed by atoms with E-state index in [1.807, 2.05) is 0 Å². The maximum atomic E-state index is 12.5. The number of hydrogen-bond donors (Lipinski definition) is 3. The highest BCUT2D eigenvalue weighted by Gasteiger charge is 2.29. The Kier molecular flexibility index (Phi) is 5.15. The molecule has 2 aromatic rings. The van der Waals surface area contributed by atoms with Gasteiger partial charge in [0.15, 0.2) is 0 Å². The highest BCUT2D eigenvalue weighted by atomic mass is 35.5. The summed E-state index contributed by atoms with van der Waals surface area (Å²) in [7, 11) is -3.88. The number of nitrogens with one attached hydrogen (secondary N) is 3. The van der Waals surface area contributed by atoms with Crippen LogP contribution in [0.5, 0.6) is 0 Å². The van der Waals surface area contributed by atoms with Crippen molar-refractivity contribution in [2.24, 2.45) is 5.92 Å². The van der Waals surface area contributed by atoms with Gasteiger partial charge in [-0.1, -0.05) is 17.7 Å². The van der Waals surface area contributed by atoms with Crippen LogP contribution in [0.4, 0.5) is 5.69 Å². The number of carbonyl (C=O) groups is 2. The van der Waals surface area contributed by atoms with Crippen molar-refractivity contribution in [1.82, 2.24) is 10.9 Å². The number of halogens is 1. The van der Waals surface area contributed by atoms with Gasteiger partial charge >= 0.3 is 0 Å². The second-order valence-corrected chi connectivity index (χ2v) is 7.98. The van der Waals surface area contributed by atoms with E-state index >= 15 is 0 Å². The molecule has 1 saturated carbocycles. The molecular weight excluding hydrogens is 378 g/mol. The number of rotatable bonds is 5. The predicted molar refractivity (Wildman–Crippen MR) is 97.0 cm³/mol. The minimum atomic E-state index is -3.88. The first-order valence-corrected chi connectivity index (χ1v) is 9.70. The third-order valence-electron chi connectivity index (χ3n) is 3.75. The molecule has 0 spiro atoms. The first-order chi connectivity index (χ1) is 12.3. The second-order valence-electron chi connectivity index (χ2n) is 5.86. The summed E-state index contributed by atoms with van der Waals surface area (Å²) in [5.41, 5.74) is 5.08. The highest BCUT2D eigenvalue weighted by Crippen LogP contribution is 2.28. The van der Waals surface area contributed by atoms with Gasteiger partial charge in [0.05, 0.1) is 4.90 Å². The summed E-state index contributed by atoms with van der Waals surface area (Å²) < 4.78 is 27.4. The lowest BCUT2D eigenvalue weighted by Gasteiger charge is -2.10. The summed E-state index contributed by atoms with van der Waals surface area (Å²) in [5, 5.41) is 0.486. The Hall–Kier alpha value is -2.58. The van der Waals surface area contributed by atoms with Gasteiger partial charge in [-0.2, -0.15) is 0 Å². The van der Waals surface area contributed by atoms with E-state index in [1.54, 1.807) is 12.1 Å². The molecule has 1 fully saturated rings. The van der Waals surface area contributed by atoms with Crippen molar-refractivity contribution in [3.05, 3.63) is 59.1 Å². The van der Waals surface area contributed by atoms with E-state index < -0.39 is 15.9 Å². The largest absolute Gasteiger partial charge is 0.280 e. The van der Waals surface area contributed by atoms with Crippen molar-refractivity contribution in [2.75, 3.05) is 4.72 Å². The summed E-state index contributed by atoms with van der Waals surface area (Å²) >= 11 is 5.78. The third kappa shape index (κ3) is 4.53. The molecule has 2 amide bonds. The molecule has 26 heavy (non-hydrogen) atoms. The molecule has 3 rings (SSSR count). The lowest BCUT2D eigenvalue weighted by Crippen LogP contribution is -2.42. The van der Waals surface area contributed by atoms with Crippen LogP contribution >= 0.6 is 11.6 Å². The summed E-state index contributed by atoms with van der Waals surface area (Å²) in [6, 6.07) is 11.7. The molecule has 136 valence electrons. The van der Waals surface area contributed by atoms with Crippen LogP contribution in [0.25, 0.3) is 0 Å². The third-order valence-corrected chi connectivity index (χ3v) is 5.38. The van der Waals surface area contributed by atoms with Crippen LogP contribution in [0.2, 0.25) is 5.02 Å². The molecule has 2 aromatic carbocycles. The van der Waals surface area contributed by atoms with Crippen molar-refractivity contribution in [2.45, 2.75) is 17.7 Å². The molecule has 0 radical (unpaired) electrons. The van der Waals surface area contributed by atoms with Crippen LogP contribution in [0.3, 0.4) is 0 Å². The molecule has 1 aliphatic rings. The molecule has 0 aromatic heterocycles. The van der Waals surface area contributed by atoms with Crippen LogP contribution in [0.15, 0.2) is 53.4 Å². The van der Waals surface area contributed by atoms with Crippen molar-refractivity contribution in [1.29, 1.82) is 0 Å². The Morgan fingerprint density at radius 2 is 1.69 bits per heavy atom. The molecule has 0 saturated heterocycles.